The molecule has 2 rings (SSSR count). The number of halogens is 1. The van der Waals surface area contributed by atoms with E-state index in [1.807, 2.05) is 0 Å². The maximum Gasteiger partial charge on any atom is 0.126 e. The summed E-state index contributed by atoms with van der Waals surface area (Å²) in [6.45, 7) is 1.18. The van der Waals surface area contributed by atoms with Crippen LogP contribution in [0.4, 0.5) is 0 Å². The van der Waals surface area contributed by atoms with Crippen molar-refractivity contribution in [2.75, 3.05) is 20.8 Å². The number of rotatable bonds is 6. The van der Waals surface area contributed by atoms with E-state index in [9.17, 15) is 5.11 Å². The van der Waals surface area contributed by atoms with Crippen molar-refractivity contribution in [3.63, 3.8) is 0 Å². The average molecular weight is 319 g/mol. The highest BCUT2D eigenvalue weighted by molar-refractivity contribution is 9.10. The summed E-state index contributed by atoms with van der Waals surface area (Å²) >= 11 is 3.44. The predicted molar refractivity (Wildman–Crippen MR) is 70.4 cm³/mol. The second-order valence-electron chi connectivity index (χ2n) is 4.62. The summed E-state index contributed by atoms with van der Waals surface area (Å²) in [5.41, 5.74) is 0.321. The fourth-order valence-electron chi connectivity index (χ4n) is 2.36. The molecule has 1 aromatic rings. The second kappa shape index (κ2) is 5.69. The molecule has 0 spiro atoms. The van der Waals surface area contributed by atoms with Crippen LogP contribution in [0.5, 0.6) is 0 Å². The summed E-state index contributed by atoms with van der Waals surface area (Å²) < 4.78 is 13.2. The first kappa shape index (κ1) is 14.0. The van der Waals surface area contributed by atoms with E-state index >= 15 is 0 Å². The highest BCUT2D eigenvalue weighted by Crippen LogP contribution is 2.46. The minimum Gasteiger partial charge on any atom is -0.384 e. The standard InChI is InChI=1S/C12H19BrN2O3/c1-17-7-6-15-10(9(13)8-14-15)11(16)12(18-2)4-3-5-12/h8,11,16H,3-7H2,1-2H3. The Kier molecular flexibility index (Phi) is 4.42. The third-order valence-corrected chi connectivity index (χ3v) is 4.32. The Bertz CT molecular complexity index is 399. The molecule has 0 saturated heterocycles. The summed E-state index contributed by atoms with van der Waals surface area (Å²) in [6, 6.07) is 0. The molecule has 18 heavy (non-hydrogen) atoms. The lowest BCUT2D eigenvalue weighted by atomic mass is 9.75. The van der Waals surface area contributed by atoms with Gasteiger partial charge >= 0.3 is 0 Å². The van der Waals surface area contributed by atoms with Gasteiger partial charge in [-0.1, -0.05) is 0 Å². The molecule has 0 aliphatic heterocycles. The molecule has 0 aromatic carbocycles. The molecule has 0 radical (unpaired) electrons. The Morgan fingerprint density at radius 1 is 1.56 bits per heavy atom. The molecule has 1 N–H and O–H groups in total. The molecule has 1 aliphatic carbocycles. The topological polar surface area (TPSA) is 56.5 Å². The van der Waals surface area contributed by atoms with Crippen LogP contribution in [0.3, 0.4) is 0 Å². The summed E-state index contributed by atoms with van der Waals surface area (Å²) in [6.07, 6.45) is 3.90. The van der Waals surface area contributed by atoms with Gasteiger partial charge in [-0.05, 0) is 35.2 Å². The summed E-state index contributed by atoms with van der Waals surface area (Å²) in [4.78, 5) is 0. The Morgan fingerprint density at radius 2 is 2.28 bits per heavy atom. The van der Waals surface area contributed by atoms with E-state index < -0.39 is 11.7 Å². The Morgan fingerprint density at radius 3 is 2.78 bits per heavy atom. The smallest absolute Gasteiger partial charge is 0.126 e. The fourth-order valence-corrected chi connectivity index (χ4v) is 2.88. The molecule has 5 nitrogen and oxygen atoms in total. The third kappa shape index (κ3) is 2.34. The van der Waals surface area contributed by atoms with Gasteiger partial charge < -0.3 is 14.6 Å². The van der Waals surface area contributed by atoms with Crippen molar-refractivity contribution in [3.05, 3.63) is 16.4 Å². The minimum absolute atomic E-state index is 0.451. The maximum atomic E-state index is 10.6. The molecule has 1 fully saturated rings. The van der Waals surface area contributed by atoms with Gasteiger partial charge in [0, 0.05) is 14.2 Å². The van der Waals surface area contributed by atoms with E-state index in [1.54, 1.807) is 25.1 Å². The first-order valence-electron chi connectivity index (χ1n) is 6.08. The number of aliphatic hydroxyl groups is 1. The highest BCUT2D eigenvalue weighted by Gasteiger charge is 2.46. The first-order valence-corrected chi connectivity index (χ1v) is 6.87. The van der Waals surface area contributed by atoms with Gasteiger partial charge in [-0.3, -0.25) is 4.68 Å². The van der Waals surface area contributed by atoms with Gasteiger partial charge in [0.1, 0.15) is 6.10 Å². The molecule has 0 amide bonds. The second-order valence-corrected chi connectivity index (χ2v) is 5.47. The third-order valence-electron chi connectivity index (χ3n) is 3.70. The van der Waals surface area contributed by atoms with Crippen LogP contribution in [-0.2, 0) is 16.0 Å². The van der Waals surface area contributed by atoms with Crippen LogP contribution in [-0.4, -0.2) is 41.3 Å². The molecule has 6 heteroatoms. The van der Waals surface area contributed by atoms with Crippen molar-refractivity contribution in [3.8, 4) is 0 Å². The summed E-state index contributed by atoms with van der Waals surface area (Å²) in [7, 11) is 3.31. The molecule has 102 valence electrons. The summed E-state index contributed by atoms with van der Waals surface area (Å²) in [5, 5.41) is 14.8. The number of nitrogens with zero attached hydrogens (tertiary/aromatic N) is 2. The van der Waals surface area contributed by atoms with Gasteiger partial charge in [-0.15, -0.1) is 0 Å². The first-order chi connectivity index (χ1) is 8.64. The predicted octanol–water partition coefficient (Wildman–Crippen LogP) is 1.89. The largest absolute Gasteiger partial charge is 0.384 e. The Hall–Kier alpha value is -0.430. The molecule has 0 bridgehead atoms. The van der Waals surface area contributed by atoms with Gasteiger partial charge in [0.2, 0.25) is 0 Å². The molecule has 1 unspecified atom stereocenters. The summed E-state index contributed by atoms with van der Waals surface area (Å²) in [5.74, 6) is 0. The van der Waals surface area contributed by atoms with E-state index in [0.29, 0.717) is 13.2 Å². The quantitative estimate of drug-likeness (QED) is 0.870. The van der Waals surface area contributed by atoms with Crippen LogP contribution < -0.4 is 0 Å². The van der Waals surface area contributed by atoms with Crippen LogP contribution in [0, 0.1) is 0 Å². The molecule has 1 heterocycles. The van der Waals surface area contributed by atoms with Crippen LogP contribution in [0.15, 0.2) is 10.7 Å². The lowest BCUT2D eigenvalue weighted by molar-refractivity contribution is -0.154. The van der Waals surface area contributed by atoms with Crippen molar-refractivity contribution < 1.29 is 14.6 Å². The minimum atomic E-state index is -0.662. The van der Waals surface area contributed by atoms with Crippen molar-refractivity contribution >= 4 is 15.9 Å². The Balaban J connectivity index is 2.23. The number of hydrogen-bond acceptors (Lipinski definition) is 4. The van der Waals surface area contributed by atoms with Gasteiger partial charge in [0.15, 0.2) is 0 Å². The number of hydrogen-bond donors (Lipinski definition) is 1. The van der Waals surface area contributed by atoms with E-state index in [-0.39, 0.29) is 0 Å². The normalized spacial score (nSPS) is 19.6. The number of methoxy groups -OCH3 is 2. The van der Waals surface area contributed by atoms with Gasteiger partial charge in [0.05, 0.1) is 35.1 Å². The zero-order chi connectivity index (χ0) is 13.2. The van der Waals surface area contributed by atoms with Crippen molar-refractivity contribution in [2.24, 2.45) is 0 Å². The lowest BCUT2D eigenvalue weighted by Gasteiger charge is -2.44. The van der Waals surface area contributed by atoms with Crippen LogP contribution >= 0.6 is 15.9 Å². The monoisotopic (exact) mass is 318 g/mol. The van der Waals surface area contributed by atoms with Crippen LogP contribution in [0.2, 0.25) is 0 Å². The van der Waals surface area contributed by atoms with Gasteiger partial charge in [-0.25, -0.2) is 0 Å². The van der Waals surface area contributed by atoms with E-state index in [0.717, 1.165) is 29.4 Å². The highest BCUT2D eigenvalue weighted by atomic mass is 79.9. The van der Waals surface area contributed by atoms with Crippen molar-refractivity contribution in [2.45, 2.75) is 37.5 Å². The number of ether oxygens (including phenoxy) is 2. The van der Waals surface area contributed by atoms with Crippen LogP contribution in [0.1, 0.15) is 31.1 Å². The molecular weight excluding hydrogens is 300 g/mol. The molecular formula is C12H19BrN2O3. The van der Waals surface area contributed by atoms with Crippen LogP contribution in [0.25, 0.3) is 0 Å². The lowest BCUT2D eigenvalue weighted by Crippen LogP contribution is -2.45. The van der Waals surface area contributed by atoms with E-state index in [4.69, 9.17) is 9.47 Å². The number of aliphatic hydroxyl groups excluding tert-OH is 1. The Labute approximate surface area is 115 Å². The van der Waals surface area contributed by atoms with E-state index in [1.165, 1.54) is 0 Å². The molecule has 1 atom stereocenters. The molecule has 1 aromatic heterocycles. The SMILES string of the molecule is COCCn1ncc(Br)c1C(O)C1(OC)CCC1. The average Bonchev–Trinajstić information content (AvgIpc) is 2.67. The van der Waals surface area contributed by atoms with Crippen molar-refractivity contribution in [1.29, 1.82) is 0 Å². The van der Waals surface area contributed by atoms with Crippen molar-refractivity contribution in [1.82, 2.24) is 9.78 Å². The maximum absolute atomic E-state index is 10.6. The zero-order valence-electron chi connectivity index (χ0n) is 10.7. The van der Waals surface area contributed by atoms with Gasteiger partial charge in [-0.2, -0.15) is 5.10 Å². The fraction of sp³-hybridized carbons (Fsp3) is 0.750. The molecule has 1 saturated carbocycles. The molecule has 1 aliphatic rings. The number of aromatic nitrogens is 2. The van der Waals surface area contributed by atoms with Gasteiger partial charge in [0.25, 0.3) is 0 Å². The zero-order valence-corrected chi connectivity index (χ0v) is 12.3. The van der Waals surface area contributed by atoms with E-state index in [2.05, 4.69) is 21.0 Å².